The van der Waals surface area contributed by atoms with Crippen molar-refractivity contribution < 1.29 is 4.79 Å². The molecule has 24 heavy (non-hydrogen) atoms. The number of nitrogens with one attached hydrogen (secondary N) is 1. The fraction of sp³-hybridized carbons (Fsp3) is 0.118. The summed E-state index contributed by atoms with van der Waals surface area (Å²) in [6.45, 7) is 0.545. The van der Waals surface area contributed by atoms with E-state index in [1.54, 1.807) is 41.3 Å². The van der Waals surface area contributed by atoms with E-state index >= 15 is 0 Å². The van der Waals surface area contributed by atoms with Crippen molar-refractivity contribution >= 4 is 34.9 Å². The van der Waals surface area contributed by atoms with Gasteiger partial charge < -0.3 is 5.32 Å². The van der Waals surface area contributed by atoms with Gasteiger partial charge in [-0.1, -0.05) is 35.3 Å². The lowest BCUT2D eigenvalue weighted by Crippen LogP contribution is -2.15. The summed E-state index contributed by atoms with van der Waals surface area (Å²) < 4.78 is 1.72. The zero-order valence-electron chi connectivity index (χ0n) is 12.6. The Hall–Kier alpha value is -2.37. The molecule has 1 aromatic carbocycles. The molecule has 0 aliphatic carbocycles. The zero-order valence-corrected chi connectivity index (χ0v) is 14.1. The van der Waals surface area contributed by atoms with E-state index in [1.807, 2.05) is 18.2 Å². The first kappa shape index (κ1) is 16.5. The van der Waals surface area contributed by atoms with Crippen molar-refractivity contribution in [2.45, 2.75) is 13.0 Å². The average Bonchev–Trinajstić information content (AvgIpc) is 2.99. The first-order valence-corrected chi connectivity index (χ1v) is 8.03. The summed E-state index contributed by atoms with van der Waals surface area (Å²) in [5, 5.41) is 7.98. The molecule has 2 heterocycles. The highest BCUT2D eigenvalue weighted by atomic mass is 35.5. The van der Waals surface area contributed by atoms with E-state index in [-0.39, 0.29) is 12.3 Å². The molecule has 0 atom stereocenters. The quantitative estimate of drug-likeness (QED) is 0.752. The number of pyridine rings is 1. The second-order valence-corrected chi connectivity index (χ2v) is 6.01. The summed E-state index contributed by atoms with van der Waals surface area (Å²) in [5.41, 5.74) is 1.68. The van der Waals surface area contributed by atoms with Gasteiger partial charge in [-0.2, -0.15) is 5.10 Å². The Balaban J connectivity index is 1.59. The molecule has 0 unspecified atom stereocenters. The third-order valence-corrected chi connectivity index (χ3v) is 4.05. The number of benzene rings is 1. The van der Waals surface area contributed by atoms with Crippen LogP contribution in [0.4, 0.5) is 5.82 Å². The van der Waals surface area contributed by atoms with E-state index in [4.69, 9.17) is 23.2 Å². The number of rotatable bonds is 5. The fourth-order valence-corrected chi connectivity index (χ4v) is 2.52. The van der Waals surface area contributed by atoms with Gasteiger partial charge in [0, 0.05) is 18.5 Å². The Morgan fingerprint density at radius 3 is 2.75 bits per heavy atom. The largest absolute Gasteiger partial charge is 0.309 e. The lowest BCUT2D eigenvalue weighted by molar-refractivity contribution is -0.115. The van der Waals surface area contributed by atoms with Gasteiger partial charge in [0.2, 0.25) is 5.91 Å². The average molecular weight is 361 g/mol. The van der Waals surface area contributed by atoms with Crippen molar-refractivity contribution in [2.75, 3.05) is 5.32 Å². The predicted molar refractivity (Wildman–Crippen MR) is 94.4 cm³/mol. The molecule has 0 bridgehead atoms. The number of anilines is 1. The van der Waals surface area contributed by atoms with E-state index in [0.717, 1.165) is 11.3 Å². The number of hydrogen-bond donors (Lipinski definition) is 1. The molecular weight excluding hydrogens is 347 g/mol. The molecule has 1 N–H and O–H groups in total. The molecule has 0 saturated carbocycles. The Kier molecular flexibility index (Phi) is 5.13. The van der Waals surface area contributed by atoms with Crippen LogP contribution in [0.15, 0.2) is 54.9 Å². The Labute approximate surface area is 149 Å². The van der Waals surface area contributed by atoms with Gasteiger partial charge in [-0.05, 0) is 29.8 Å². The molecule has 3 aromatic rings. The summed E-state index contributed by atoms with van der Waals surface area (Å²) in [6, 6.07) is 12.6. The maximum absolute atomic E-state index is 12.1. The monoisotopic (exact) mass is 360 g/mol. The zero-order chi connectivity index (χ0) is 16.9. The van der Waals surface area contributed by atoms with Gasteiger partial charge in [0.05, 0.1) is 28.7 Å². The highest BCUT2D eigenvalue weighted by Crippen LogP contribution is 2.22. The number of amides is 1. The standard InChI is InChI=1S/C17H14Cl2N4O/c18-14-5-4-12(9-15(14)19)10-17(24)21-16-6-8-23(22-16)11-13-3-1-2-7-20-13/h1-9H,10-11H2,(H,21,22,24). The van der Waals surface area contributed by atoms with Crippen molar-refractivity contribution in [3.8, 4) is 0 Å². The van der Waals surface area contributed by atoms with Gasteiger partial charge in [0.1, 0.15) is 0 Å². The highest BCUT2D eigenvalue weighted by Gasteiger charge is 2.08. The van der Waals surface area contributed by atoms with Crippen molar-refractivity contribution in [3.05, 3.63) is 76.2 Å². The number of carbonyl (C=O) groups is 1. The first-order valence-electron chi connectivity index (χ1n) is 7.27. The van der Waals surface area contributed by atoms with Crippen LogP contribution < -0.4 is 5.32 Å². The molecule has 0 aliphatic rings. The molecule has 1 amide bonds. The molecular formula is C17H14Cl2N4O. The normalized spacial score (nSPS) is 10.6. The number of halogens is 2. The number of hydrogen-bond acceptors (Lipinski definition) is 3. The third-order valence-electron chi connectivity index (χ3n) is 3.31. The number of carbonyl (C=O) groups excluding carboxylic acids is 1. The fourth-order valence-electron chi connectivity index (χ4n) is 2.20. The maximum Gasteiger partial charge on any atom is 0.229 e. The van der Waals surface area contributed by atoms with E-state index < -0.39 is 0 Å². The van der Waals surface area contributed by atoms with Gasteiger partial charge >= 0.3 is 0 Å². The second kappa shape index (κ2) is 7.47. The van der Waals surface area contributed by atoms with Crippen molar-refractivity contribution in [3.63, 3.8) is 0 Å². The first-order chi connectivity index (χ1) is 11.6. The summed E-state index contributed by atoms with van der Waals surface area (Å²) in [5.74, 6) is 0.326. The van der Waals surface area contributed by atoms with Crippen molar-refractivity contribution in [1.82, 2.24) is 14.8 Å². The van der Waals surface area contributed by atoms with E-state index in [9.17, 15) is 4.79 Å². The second-order valence-electron chi connectivity index (χ2n) is 5.19. The molecule has 2 aromatic heterocycles. The van der Waals surface area contributed by atoms with Crippen LogP contribution in [0.25, 0.3) is 0 Å². The SMILES string of the molecule is O=C(Cc1ccc(Cl)c(Cl)c1)Nc1ccn(Cc2ccccn2)n1. The molecule has 7 heteroatoms. The summed E-state index contributed by atoms with van der Waals surface area (Å²) in [6.07, 6.45) is 3.73. The van der Waals surface area contributed by atoms with Crippen molar-refractivity contribution in [2.24, 2.45) is 0 Å². The lowest BCUT2D eigenvalue weighted by Gasteiger charge is -2.04. The van der Waals surface area contributed by atoms with Crippen LogP contribution in [0.1, 0.15) is 11.3 Å². The molecule has 0 aliphatic heterocycles. The van der Waals surface area contributed by atoms with Crippen LogP contribution in [0.5, 0.6) is 0 Å². The molecule has 0 radical (unpaired) electrons. The van der Waals surface area contributed by atoms with Crippen LogP contribution in [-0.4, -0.2) is 20.7 Å². The van der Waals surface area contributed by atoms with Gasteiger partial charge in [0.25, 0.3) is 0 Å². The number of nitrogens with zero attached hydrogens (tertiary/aromatic N) is 3. The smallest absolute Gasteiger partial charge is 0.229 e. The predicted octanol–water partition coefficient (Wildman–Crippen LogP) is 3.81. The lowest BCUT2D eigenvalue weighted by atomic mass is 10.1. The van der Waals surface area contributed by atoms with Gasteiger partial charge in [-0.3, -0.25) is 14.5 Å². The molecule has 0 spiro atoms. The Morgan fingerprint density at radius 2 is 2.00 bits per heavy atom. The van der Waals surface area contributed by atoms with Crippen LogP contribution >= 0.6 is 23.2 Å². The molecule has 0 fully saturated rings. The van der Waals surface area contributed by atoms with Crippen LogP contribution in [-0.2, 0) is 17.8 Å². The Morgan fingerprint density at radius 1 is 1.12 bits per heavy atom. The van der Waals surface area contributed by atoms with Gasteiger partial charge in [-0.25, -0.2) is 0 Å². The minimum absolute atomic E-state index is 0.170. The molecule has 122 valence electrons. The van der Waals surface area contributed by atoms with E-state index in [0.29, 0.717) is 22.4 Å². The minimum atomic E-state index is -0.170. The highest BCUT2D eigenvalue weighted by molar-refractivity contribution is 6.42. The van der Waals surface area contributed by atoms with Gasteiger partial charge in [-0.15, -0.1) is 0 Å². The van der Waals surface area contributed by atoms with E-state index in [2.05, 4.69) is 15.4 Å². The molecule has 5 nitrogen and oxygen atoms in total. The Bertz CT molecular complexity index is 849. The summed E-state index contributed by atoms with van der Waals surface area (Å²) in [4.78, 5) is 16.3. The van der Waals surface area contributed by atoms with Crippen LogP contribution in [0.2, 0.25) is 10.0 Å². The van der Waals surface area contributed by atoms with E-state index in [1.165, 1.54) is 0 Å². The summed E-state index contributed by atoms with van der Waals surface area (Å²) >= 11 is 11.8. The summed E-state index contributed by atoms with van der Waals surface area (Å²) in [7, 11) is 0. The minimum Gasteiger partial charge on any atom is -0.309 e. The maximum atomic E-state index is 12.1. The number of aromatic nitrogens is 3. The molecule has 3 rings (SSSR count). The topological polar surface area (TPSA) is 59.8 Å². The van der Waals surface area contributed by atoms with Gasteiger partial charge in [0.15, 0.2) is 5.82 Å². The van der Waals surface area contributed by atoms with Crippen LogP contribution in [0, 0.1) is 0 Å². The molecule has 0 saturated heterocycles. The van der Waals surface area contributed by atoms with Crippen molar-refractivity contribution in [1.29, 1.82) is 0 Å². The van der Waals surface area contributed by atoms with Crippen LogP contribution in [0.3, 0.4) is 0 Å². The third kappa shape index (κ3) is 4.34.